The third kappa shape index (κ3) is 2.42. The van der Waals surface area contributed by atoms with Gasteiger partial charge in [-0.05, 0) is 49.6 Å². The van der Waals surface area contributed by atoms with Crippen molar-refractivity contribution in [3.63, 3.8) is 0 Å². The predicted molar refractivity (Wildman–Crippen MR) is 68.9 cm³/mol. The van der Waals surface area contributed by atoms with Crippen LogP contribution in [0.5, 0.6) is 0 Å². The number of rotatable bonds is 3. The highest BCUT2D eigenvalue weighted by Crippen LogP contribution is 2.19. The van der Waals surface area contributed by atoms with Crippen LogP contribution in [0.3, 0.4) is 0 Å². The smallest absolute Gasteiger partial charge is 0.152 e. The molecular weight excluding hydrogens is 216 g/mol. The van der Waals surface area contributed by atoms with Crippen LogP contribution >= 0.6 is 11.3 Å². The maximum Gasteiger partial charge on any atom is 0.152 e. The van der Waals surface area contributed by atoms with Crippen LogP contribution in [-0.2, 0) is 6.54 Å². The third-order valence-electron chi connectivity index (χ3n) is 2.84. The number of thiazole rings is 1. The van der Waals surface area contributed by atoms with E-state index in [9.17, 15) is 0 Å². The molecule has 16 heavy (non-hydrogen) atoms. The van der Waals surface area contributed by atoms with Crippen LogP contribution in [0.1, 0.15) is 22.4 Å². The van der Waals surface area contributed by atoms with Crippen LogP contribution in [0.25, 0.3) is 0 Å². The topological polar surface area (TPSA) is 24.9 Å². The summed E-state index contributed by atoms with van der Waals surface area (Å²) in [6.07, 6.45) is 0. The fourth-order valence-corrected chi connectivity index (χ4v) is 2.11. The van der Waals surface area contributed by atoms with Gasteiger partial charge in [-0.3, -0.25) is 0 Å². The fraction of sp³-hybridized carbons (Fsp3) is 0.308. The second-order valence-corrected chi connectivity index (χ2v) is 4.67. The van der Waals surface area contributed by atoms with Crippen molar-refractivity contribution in [2.75, 3.05) is 5.32 Å². The second-order valence-electron chi connectivity index (χ2n) is 4.02. The number of anilines is 1. The number of nitrogens with zero attached hydrogens (tertiary/aromatic N) is 1. The summed E-state index contributed by atoms with van der Waals surface area (Å²) in [5, 5.41) is 5.39. The Bertz CT molecular complexity index is 452. The Balaban J connectivity index is 2.10. The van der Waals surface area contributed by atoms with Gasteiger partial charge in [0.05, 0.1) is 12.2 Å². The van der Waals surface area contributed by atoms with Crippen molar-refractivity contribution in [3.8, 4) is 0 Å². The Morgan fingerprint density at radius 1 is 1.25 bits per heavy atom. The maximum absolute atomic E-state index is 4.12. The first-order chi connectivity index (χ1) is 7.66. The minimum Gasteiger partial charge on any atom is -0.379 e. The van der Waals surface area contributed by atoms with Crippen molar-refractivity contribution in [1.29, 1.82) is 0 Å². The minimum absolute atomic E-state index is 0.766. The van der Waals surface area contributed by atoms with Gasteiger partial charge in [0, 0.05) is 11.1 Å². The monoisotopic (exact) mass is 231 g/mol. The van der Waals surface area contributed by atoms with Crippen LogP contribution in [0.4, 0.5) is 5.69 Å². The Hall–Kier alpha value is -1.35. The molecule has 3 heteroatoms. The van der Waals surface area contributed by atoms with Gasteiger partial charge in [0.2, 0.25) is 0 Å². The van der Waals surface area contributed by atoms with E-state index in [4.69, 9.17) is 0 Å². The molecule has 2 aromatic rings. The number of aryl methyl sites for hydroxylation is 2. The summed E-state index contributed by atoms with van der Waals surface area (Å²) in [6, 6.07) is 4.36. The van der Waals surface area contributed by atoms with Crippen molar-refractivity contribution >= 4 is 17.0 Å². The largest absolute Gasteiger partial charge is 0.379 e. The van der Waals surface area contributed by atoms with E-state index in [-0.39, 0.29) is 0 Å². The molecule has 1 radical (unpaired) electrons. The Kier molecular flexibility index (Phi) is 3.25. The van der Waals surface area contributed by atoms with Gasteiger partial charge in [0.15, 0.2) is 5.51 Å². The molecule has 2 rings (SSSR count). The zero-order chi connectivity index (χ0) is 11.5. The number of benzene rings is 1. The average molecular weight is 231 g/mol. The summed E-state index contributed by atoms with van der Waals surface area (Å²) >= 11 is 1.51. The molecule has 1 heterocycles. The molecule has 83 valence electrons. The molecule has 0 bridgehead atoms. The summed E-state index contributed by atoms with van der Waals surface area (Å²) in [5.74, 6) is 0. The summed E-state index contributed by atoms with van der Waals surface area (Å²) < 4.78 is 0. The van der Waals surface area contributed by atoms with E-state index in [2.05, 4.69) is 48.7 Å². The second kappa shape index (κ2) is 4.66. The van der Waals surface area contributed by atoms with Gasteiger partial charge in [-0.15, -0.1) is 11.3 Å². The van der Waals surface area contributed by atoms with Crippen LogP contribution < -0.4 is 5.32 Å². The number of hydrogen-bond acceptors (Lipinski definition) is 3. The van der Waals surface area contributed by atoms with E-state index in [1.165, 1.54) is 28.0 Å². The van der Waals surface area contributed by atoms with Crippen molar-refractivity contribution < 1.29 is 0 Å². The third-order valence-corrected chi connectivity index (χ3v) is 3.42. The van der Waals surface area contributed by atoms with Gasteiger partial charge in [-0.1, -0.05) is 0 Å². The SMILES string of the molecule is Cc1cc(NCc2cs[c]n2)cc(C)c1C. The first-order valence-corrected chi connectivity index (χ1v) is 6.17. The van der Waals surface area contributed by atoms with Gasteiger partial charge in [0.25, 0.3) is 0 Å². The quantitative estimate of drug-likeness (QED) is 0.874. The molecule has 2 nitrogen and oxygen atoms in total. The van der Waals surface area contributed by atoms with Crippen molar-refractivity contribution in [1.82, 2.24) is 4.98 Å². The lowest BCUT2D eigenvalue weighted by atomic mass is 10.0. The summed E-state index contributed by atoms with van der Waals surface area (Å²) in [4.78, 5) is 4.12. The molecule has 0 aliphatic heterocycles. The lowest BCUT2D eigenvalue weighted by Crippen LogP contribution is -2.01. The molecule has 0 fully saturated rings. The van der Waals surface area contributed by atoms with E-state index >= 15 is 0 Å². The fourth-order valence-electron chi connectivity index (χ4n) is 1.62. The van der Waals surface area contributed by atoms with Crippen molar-refractivity contribution in [3.05, 3.63) is 45.4 Å². The normalized spacial score (nSPS) is 10.4. The predicted octanol–water partition coefficient (Wildman–Crippen LogP) is 3.48. The molecule has 0 saturated heterocycles. The van der Waals surface area contributed by atoms with Gasteiger partial charge in [0.1, 0.15) is 0 Å². The van der Waals surface area contributed by atoms with Gasteiger partial charge in [-0.2, -0.15) is 0 Å². The van der Waals surface area contributed by atoms with E-state index in [1.54, 1.807) is 0 Å². The highest BCUT2D eigenvalue weighted by Gasteiger charge is 2.01. The standard InChI is InChI=1S/C13H15N2S/c1-9-4-12(5-10(2)11(9)3)14-6-13-7-16-8-15-13/h4-5,7,14H,6H2,1-3H3. The summed E-state index contributed by atoms with van der Waals surface area (Å²) in [7, 11) is 0. The number of nitrogens with one attached hydrogen (secondary N) is 1. The molecule has 1 N–H and O–H groups in total. The molecule has 0 unspecified atom stereocenters. The molecule has 1 aromatic carbocycles. The van der Waals surface area contributed by atoms with Crippen LogP contribution in [0.15, 0.2) is 17.5 Å². The zero-order valence-corrected chi connectivity index (χ0v) is 10.6. The van der Waals surface area contributed by atoms with Crippen LogP contribution in [0, 0.1) is 26.3 Å². The highest BCUT2D eigenvalue weighted by molar-refractivity contribution is 7.07. The molecule has 0 aliphatic carbocycles. The molecule has 0 spiro atoms. The Morgan fingerprint density at radius 3 is 2.50 bits per heavy atom. The zero-order valence-electron chi connectivity index (χ0n) is 9.79. The van der Waals surface area contributed by atoms with E-state index in [0.717, 1.165) is 17.9 Å². The van der Waals surface area contributed by atoms with Crippen molar-refractivity contribution in [2.24, 2.45) is 0 Å². The Labute approximate surface area is 100 Å². The Morgan fingerprint density at radius 2 is 1.94 bits per heavy atom. The number of aromatic nitrogens is 1. The first kappa shape index (κ1) is 11.1. The van der Waals surface area contributed by atoms with E-state index in [0.29, 0.717) is 0 Å². The van der Waals surface area contributed by atoms with Crippen LogP contribution in [0.2, 0.25) is 0 Å². The molecule has 0 atom stereocenters. The average Bonchev–Trinajstić information content (AvgIpc) is 2.75. The first-order valence-electron chi connectivity index (χ1n) is 5.29. The summed E-state index contributed by atoms with van der Waals surface area (Å²) in [6.45, 7) is 7.21. The van der Waals surface area contributed by atoms with Gasteiger partial charge in [-0.25, -0.2) is 4.98 Å². The summed E-state index contributed by atoms with van der Waals surface area (Å²) in [5.41, 5.74) is 9.07. The van der Waals surface area contributed by atoms with Gasteiger partial charge < -0.3 is 5.32 Å². The maximum atomic E-state index is 4.12. The highest BCUT2D eigenvalue weighted by atomic mass is 32.1. The minimum atomic E-state index is 0.766. The molecule has 1 aromatic heterocycles. The lowest BCUT2D eigenvalue weighted by molar-refractivity contribution is 1.07. The molecular formula is C13H15N2S. The van der Waals surface area contributed by atoms with Crippen molar-refractivity contribution in [2.45, 2.75) is 27.3 Å². The van der Waals surface area contributed by atoms with E-state index < -0.39 is 0 Å². The van der Waals surface area contributed by atoms with Crippen LogP contribution in [-0.4, -0.2) is 4.98 Å². The van der Waals surface area contributed by atoms with E-state index in [1.807, 2.05) is 5.38 Å². The van der Waals surface area contributed by atoms with Gasteiger partial charge >= 0.3 is 0 Å². The lowest BCUT2D eigenvalue weighted by Gasteiger charge is -2.10. The number of hydrogen-bond donors (Lipinski definition) is 1. The molecule has 0 saturated carbocycles. The molecule has 0 amide bonds. The molecule has 0 aliphatic rings.